The highest BCUT2D eigenvalue weighted by atomic mass is 32.1. The van der Waals surface area contributed by atoms with Crippen molar-refractivity contribution in [2.24, 2.45) is 5.84 Å². The Morgan fingerprint density at radius 3 is 3.00 bits per heavy atom. The molecule has 0 atom stereocenters. The summed E-state index contributed by atoms with van der Waals surface area (Å²) >= 11 is 4.70. The van der Waals surface area contributed by atoms with Crippen molar-refractivity contribution in [3.8, 4) is 0 Å². The number of imidazole rings is 1. The Morgan fingerprint density at radius 1 is 1.75 bits per heavy atom. The van der Waals surface area contributed by atoms with E-state index in [0.29, 0.717) is 0 Å². The molecule has 0 spiro atoms. The number of hydrogen-bond donors (Lipinski definition) is 2. The number of ether oxygens (including phenoxy) is 1. The summed E-state index contributed by atoms with van der Waals surface area (Å²) in [6.45, 7) is 0. The molecule has 0 fully saturated rings. The van der Waals surface area contributed by atoms with Gasteiger partial charge in [-0.25, -0.2) is 15.6 Å². The Labute approximate surface area is 73.3 Å². The normalized spacial score (nSPS) is 9.08. The van der Waals surface area contributed by atoms with Crippen LogP contribution in [0.3, 0.4) is 0 Å². The van der Waals surface area contributed by atoms with Gasteiger partial charge < -0.3 is 4.74 Å². The van der Waals surface area contributed by atoms with Crippen molar-refractivity contribution in [1.29, 1.82) is 0 Å². The van der Waals surface area contributed by atoms with Gasteiger partial charge in [0.2, 0.25) is 0 Å². The topological polar surface area (TPSA) is 82.2 Å². The molecule has 0 saturated carbocycles. The largest absolute Gasteiger partial charge is 0.428 e. The average Bonchev–Trinajstić information content (AvgIpc) is 2.56. The first-order valence-electron chi connectivity index (χ1n) is 2.94. The summed E-state index contributed by atoms with van der Waals surface area (Å²) in [5.74, 6) is 4.76. The van der Waals surface area contributed by atoms with Crippen molar-refractivity contribution >= 4 is 23.5 Å². The predicted molar refractivity (Wildman–Crippen MR) is 44.0 cm³/mol. The molecule has 0 saturated heterocycles. The lowest BCUT2D eigenvalue weighted by Gasteiger charge is -2.03. The average molecular weight is 186 g/mol. The van der Waals surface area contributed by atoms with Gasteiger partial charge in [-0.2, -0.15) is 0 Å². The van der Waals surface area contributed by atoms with Crippen LogP contribution in [0.25, 0.3) is 0 Å². The van der Waals surface area contributed by atoms with Crippen LogP contribution in [-0.4, -0.2) is 20.8 Å². The fourth-order valence-electron chi connectivity index (χ4n) is 0.529. The lowest BCUT2D eigenvalue weighted by Crippen LogP contribution is -2.33. The van der Waals surface area contributed by atoms with E-state index < -0.39 is 6.09 Å². The van der Waals surface area contributed by atoms with Crippen LogP contribution in [0.1, 0.15) is 0 Å². The molecule has 0 unspecified atom stereocenters. The van der Waals surface area contributed by atoms with E-state index >= 15 is 0 Å². The lowest BCUT2D eigenvalue weighted by atomic mass is 10.9. The summed E-state index contributed by atoms with van der Waals surface area (Å²) in [4.78, 5) is 14.2. The summed E-state index contributed by atoms with van der Waals surface area (Å²) in [5, 5.41) is -0.0320. The summed E-state index contributed by atoms with van der Waals surface area (Å²) < 4.78 is 5.89. The number of aromatic nitrogens is 2. The number of hydrazine groups is 1. The van der Waals surface area contributed by atoms with E-state index in [1.54, 1.807) is 11.6 Å². The Balaban J connectivity index is 2.56. The first kappa shape index (κ1) is 8.62. The highest BCUT2D eigenvalue weighted by molar-refractivity contribution is 7.80. The van der Waals surface area contributed by atoms with E-state index in [9.17, 15) is 4.79 Å². The molecule has 3 N–H and O–H groups in total. The van der Waals surface area contributed by atoms with Gasteiger partial charge in [0.25, 0.3) is 5.17 Å². The number of nitrogens with one attached hydrogen (secondary N) is 1. The Kier molecular flexibility index (Phi) is 2.72. The van der Waals surface area contributed by atoms with E-state index in [1.165, 1.54) is 17.1 Å². The summed E-state index contributed by atoms with van der Waals surface area (Å²) in [7, 11) is 0. The zero-order valence-corrected chi connectivity index (χ0v) is 6.75. The molecule has 0 aliphatic rings. The van der Waals surface area contributed by atoms with Crippen LogP contribution in [0, 0.1) is 0 Å². The number of hydrogen-bond acceptors (Lipinski definition) is 5. The molecule has 1 aromatic heterocycles. The Morgan fingerprint density at radius 2 is 2.50 bits per heavy atom. The van der Waals surface area contributed by atoms with E-state index in [4.69, 9.17) is 18.1 Å². The van der Waals surface area contributed by atoms with Crippen molar-refractivity contribution in [2.75, 3.05) is 0 Å². The van der Waals surface area contributed by atoms with Crippen molar-refractivity contribution in [2.45, 2.75) is 0 Å². The van der Waals surface area contributed by atoms with E-state index in [1.807, 2.05) is 0 Å². The quantitative estimate of drug-likeness (QED) is 0.250. The zero-order chi connectivity index (χ0) is 8.97. The van der Waals surface area contributed by atoms with Crippen molar-refractivity contribution in [3.63, 3.8) is 0 Å². The van der Waals surface area contributed by atoms with Crippen LogP contribution >= 0.6 is 12.2 Å². The van der Waals surface area contributed by atoms with Gasteiger partial charge in [-0.3, -0.25) is 9.99 Å². The second kappa shape index (κ2) is 3.79. The number of nitrogens with zero attached hydrogens (tertiary/aromatic N) is 2. The number of carbonyl (C=O) groups excluding carboxylic acids is 1. The molecule has 0 aliphatic heterocycles. The minimum Gasteiger partial charge on any atom is -0.381 e. The first-order valence-corrected chi connectivity index (χ1v) is 3.35. The van der Waals surface area contributed by atoms with Crippen LogP contribution in [0.2, 0.25) is 0 Å². The molecule has 1 rings (SSSR count). The summed E-state index contributed by atoms with van der Waals surface area (Å²) in [5.41, 5.74) is 1.78. The molecule has 0 aliphatic carbocycles. The zero-order valence-electron chi connectivity index (χ0n) is 5.93. The number of thiocarbonyl (C=S) groups is 1. The third-order valence-electron chi connectivity index (χ3n) is 1.01. The summed E-state index contributed by atoms with van der Waals surface area (Å²) in [6, 6.07) is 0. The lowest BCUT2D eigenvalue weighted by molar-refractivity contribution is 0.197. The molecule has 64 valence electrons. The van der Waals surface area contributed by atoms with Crippen molar-refractivity contribution < 1.29 is 9.53 Å². The molecule has 6 nitrogen and oxygen atoms in total. The highest BCUT2D eigenvalue weighted by Crippen LogP contribution is 1.90. The van der Waals surface area contributed by atoms with Gasteiger partial charge in [0.05, 0.1) is 0 Å². The first-order chi connectivity index (χ1) is 5.74. The second-order valence-electron chi connectivity index (χ2n) is 1.77. The molecular formula is C5H6N4O2S. The third-order valence-corrected chi connectivity index (χ3v) is 1.31. The van der Waals surface area contributed by atoms with Gasteiger partial charge in [0, 0.05) is 12.4 Å². The molecule has 1 heterocycles. The Bertz CT molecular complexity index is 284. The maximum atomic E-state index is 10.5. The number of nitrogens with two attached hydrogens (primary N) is 1. The van der Waals surface area contributed by atoms with Crippen LogP contribution in [0.4, 0.5) is 4.79 Å². The number of carbonyl (C=O) groups is 1. The fourth-order valence-corrected chi connectivity index (χ4v) is 0.712. The SMILES string of the molecule is NNC(=O)OC(=S)n1ccnc1. The van der Waals surface area contributed by atoms with Crippen LogP contribution < -0.4 is 11.3 Å². The molecular weight excluding hydrogens is 180 g/mol. The Hall–Kier alpha value is -1.47. The molecule has 1 aromatic rings. The van der Waals surface area contributed by atoms with Gasteiger partial charge in [0.15, 0.2) is 0 Å². The number of rotatable bonds is 0. The maximum Gasteiger partial charge on any atom is 0.428 e. The smallest absolute Gasteiger partial charge is 0.381 e. The van der Waals surface area contributed by atoms with Crippen LogP contribution in [0.5, 0.6) is 0 Å². The second-order valence-corrected chi connectivity index (χ2v) is 2.12. The molecule has 7 heteroatoms. The molecule has 12 heavy (non-hydrogen) atoms. The van der Waals surface area contributed by atoms with Crippen molar-refractivity contribution in [1.82, 2.24) is 15.0 Å². The van der Waals surface area contributed by atoms with E-state index in [0.717, 1.165) is 0 Å². The molecule has 0 radical (unpaired) electrons. The van der Waals surface area contributed by atoms with Gasteiger partial charge in [0.1, 0.15) is 6.33 Å². The third kappa shape index (κ3) is 2.01. The van der Waals surface area contributed by atoms with Gasteiger partial charge in [-0.1, -0.05) is 0 Å². The highest BCUT2D eigenvalue weighted by Gasteiger charge is 2.05. The monoisotopic (exact) mass is 186 g/mol. The standard InChI is InChI=1S/C5H6N4O2S/c6-8-4(10)11-5(12)9-2-1-7-3-9/h1-3H,6H2,(H,8,10). The molecule has 0 bridgehead atoms. The minimum atomic E-state index is -0.811. The molecule has 0 aromatic carbocycles. The minimum absolute atomic E-state index is 0.0320. The fraction of sp³-hybridized carbons (Fsp3) is 0. The van der Waals surface area contributed by atoms with Gasteiger partial charge >= 0.3 is 6.09 Å². The van der Waals surface area contributed by atoms with Crippen LogP contribution in [0.15, 0.2) is 18.7 Å². The molecule has 1 amide bonds. The van der Waals surface area contributed by atoms with E-state index in [-0.39, 0.29) is 5.17 Å². The van der Waals surface area contributed by atoms with E-state index in [2.05, 4.69) is 9.72 Å². The summed E-state index contributed by atoms with van der Waals surface area (Å²) in [6.07, 6.45) is 3.66. The number of amides is 1. The van der Waals surface area contributed by atoms with Gasteiger partial charge in [-0.15, -0.1) is 0 Å². The predicted octanol–water partition coefficient (Wildman–Crippen LogP) is -0.384. The van der Waals surface area contributed by atoms with Crippen LogP contribution in [-0.2, 0) is 4.74 Å². The maximum absolute atomic E-state index is 10.5. The van der Waals surface area contributed by atoms with Gasteiger partial charge in [-0.05, 0) is 12.2 Å². The van der Waals surface area contributed by atoms with Crippen molar-refractivity contribution in [3.05, 3.63) is 18.7 Å².